The summed E-state index contributed by atoms with van der Waals surface area (Å²) in [5, 5.41) is 9.90. The molecule has 0 saturated heterocycles. The molecule has 1 rings (SSSR count). The van der Waals surface area contributed by atoms with Crippen LogP contribution in [0.25, 0.3) is 0 Å². The van der Waals surface area contributed by atoms with Gasteiger partial charge in [-0.15, -0.1) is 0 Å². The Kier molecular flexibility index (Phi) is 5.26. The molecule has 1 saturated carbocycles. The second kappa shape index (κ2) is 6.24. The average molecular weight is 228 g/mol. The van der Waals surface area contributed by atoms with E-state index in [4.69, 9.17) is 0 Å². The molecule has 0 spiro atoms. The predicted octanol–water partition coefficient (Wildman–Crippen LogP) is 2.37. The Morgan fingerprint density at radius 1 is 1.25 bits per heavy atom. The fourth-order valence-electron chi connectivity index (χ4n) is 2.62. The van der Waals surface area contributed by atoms with E-state index in [9.17, 15) is 9.90 Å². The monoisotopic (exact) mass is 228 g/mol. The Labute approximate surface area is 98.2 Å². The number of carbonyl (C=O) groups excluding carboxylic acids is 1. The summed E-state index contributed by atoms with van der Waals surface area (Å²) < 4.78 is 4.57. The van der Waals surface area contributed by atoms with Gasteiger partial charge in [-0.25, -0.2) is 0 Å². The van der Waals surface area contributed by atoms with Crippen LogP contribution in [-0.4, -0.2) is 24.3 Å². The number of hydrogen-bond donors (Lipinski definition) is 1. The van der Waals surface area contributed by atoms with Gasteiger partial charge in [0.1, 0.15) is 0 Å². The molecule has 1 unspecified atom stereocenters. The van der Waals surface area contributed by atoms with Crippen molar-refractivity contribution in [3.8, 4) is 0 Å². The summed E-state index contributed by atoms with van der Waals surface area (Å²) in [6.45, 7) is 4.52. The van der Waals surface area contributed by atoms with Gasteiger partial charge >= 0.3 is 5.97 Å². The second-order valence-electron chi connectivity index (χ2n) is 5.27. The van der Waals surface area contributed by atoms with Crippen LogP contribution in [0.5, 0.6) is 0 Å². The summed E-state index contributed by atoms with van der Waals surface area (Å²) in [6, 6.07) is 0. The molecule has 0 aromatic rings. The molecular weight excluding hydrogens is 204 g/mol. The summed E-state index contributed by atoms with van der Waals surface area (Å²) in [6.07, 6.45) is 4.08. The third-order valence-electron chi connectivity index (χ3n) is 3.91. The number of ether oxygens (including phenoxy) is 1. The van der Waals surface area contributed by atoms with Gasteiger partial charge in [0, 0.05) is 0 Å². The SMILES string of the molecule is COC(=O)CC(O)C1CCC(C(C)C)CC1. The van der Waals surface area contributed by atoms with Crippen LogP contribution in [0.15, 0.2) is 0 Å². The summed E-state index contributed by atoms with van der Waals surface area (Å²) in [4.78, 5) is 11.1. The van der Waals surface area contributed by atoms with E-state index in [0.29, 0.717) is 0 Å². The van der Waals surface area contributed by atoms with Crippen LogP contribution in [-0.2, 0) is 9.53 Å². The smallest absolute Gasteiger partial charge is 0.308 e. The molecule has 0 aliphatic heterocycles. The summed E-state index contributed by atoms with van der Waals surface area (Å²) in [5.41, 5.74) is 0. The Morgan fingerprint density at radius 2 is 1.75 bits per heavy atom. The predicted molar refractivity (Wildman–Crippen MR) is 62.9 cm³/mol. The van der Waals surface area contributed by atoms with Gasteiger partial charge in [0.15, 0.2) is 0 Å². The van der Waals surface area contributed by atoms with Crippen molar-refractivity contribution >= 4 is 5.97 Å². The molecule has 1 atom stereocenters. The first-order valence-corrected chi connectivity index (χ1v) is 6.29. The van der Waals surface area contributed by atoms with Gasteiger partial charge in [0.25, 0.3) is 0 Å². The number of methoxy groups -OCH3 is 1. The first-order valence-electron chi connectivity index (χ1n) is 6.29. The maximum Gasteiger partial charge on any atom is 0.308 e. The van der Waals surface area contributed by atoms with Crippen molar-refractivity contribution < 1.29 is 14.6 Å². The van der Waals surface area contributed by atoms with Crippen molar-refractivity contribution in [2.75, 3.05) is 7.11 Å². The highest BCUT2D eigenvalue weighted by atomic mass is 16.5. The number of rotatable bonds is 4. The zero-order valence-corrected chi connectivity index (χ0v) is 10.6. The maximum absolute atomic E-state index is 11.1. The van der Waals surface area contributed by atoms with Crippen LogP contribution in [0.4, 0.5) is 0 Å². The molecule has 0 aromatic heterocycles. The molecule has 0 aromatic carbocycles. The van der Waals surface area contributed by atoms with E-state index in [1.165, 1.54) is 20.0 Å². The van der Waals surface area contributed by atoms with Crippen LogP contribution in [0, 0.1) is 17.8 Å². The normalized spacial score (nSPS) is 27.8. The van der Waals surface area contributed by atoms with Gasteiger partial charge in [-0.1, -0.05) is 13.8 Å². The minimum Gasteiger partial charge on any atom is -0.469 e. The van der Waals surface area contributed by atoms with Crippen LogP contribution >= 0.6 is 0 Å². The fraction of sp³-hybridized carbons (Fsp3) is 0.923. The average Bonchev–Trinajstić information content (AvgIpc) is 2.28. The lowest BCUT2D eigenvalue weighted by molar-refractivity contribution is -0.143. The zero-order chi connectivity index (χ0) is 12.1. The van der Waals surface area contributed by atoms with E-state index in [0.717, 1.165) is 24.7 Å². The highest BCUT2D eigenvalue weighted by Crippen LogP contribution is 2.35. The van der Waals surface area contributed by atoms with Gasteiger partial charge < -0.3 is 9.84 Å². The first-order chi connectivity index (χ1) is 7.54. The quantitative estimate of drug-likeness (QED) is 0.751. The number of esters is 1. The van der Waals surface area contributed by atoms with Crippen molar-refractivity contribution in [3.05, 3.63) is 0 Å². The summed E-state index contributed by atoms with van der Waals surface area (Å²) in [5.74, 6) is 1.51. The maximum atomic E-state index is 11.1. The van der Waals surface area contributed by atoms with E-state index in [1.807, 2.05) is 0 Å². The second-order valence-corrected chi connectivity index (χ2v) is 5.27. The molecule has 16 heavy (non-hydrogen) atoms. The van der Waals surface area contributed by atoms with Crippen LogP contribution in [0.3, 0.4) is 0 Å². The van der Waals surface area contributed by atoms with Gasteiger partial charge in [-0.3, -0.25) is 4.79 Å². The van der Waals surface area contributed by atoms with Gasteiger partial charge in [-0.2, -0.15) is 0 Å². The Balaban J connectivity index is 2.32. The molecule has 1 aliphatic carbocycles. The minimum absolute atomic E-state index is 0.146. The lowest BCUT2D eigenvalue weighted by Crippen LogP contribution is -2.29. The highest BCUT2D eigenvalue weighted by Gasteiger charge is 2.28. The third-order valence-corrected chi connectivity index (χ3v) is 3.91. The van der Waals surface area contributed by atoms with Gasteiger partial charge in [0.2, 0.25) is 0 Å². The highest BCUT2D eigenvalue weighted by molar-refractivity contribution is 5.69. The van der Waals surface area contributed by atoms with Crippen LogP contribution in [0.2, 0.25) is 0 Å². The largest absolute Gasteiger partial charge is 0.469 e. The Hall–Kier alpha value is -0.570. The van der Waals surface area contributed by atoms with Crippen molar-refractivity contribution in [2.24, 2.45) is 17.8 Å². The molecule has 94 valence electrons. The van der Waals surface area contributed by atoms with Crippen molar-refractivity contribution in [1.82, 2.24) is 0 Å². The molecule has 3 nitrogen and oxygen atoms in total. The number of aliphatic hydroxyl groups is 1. The molecule has 0 heterocycles. The Bertz CT molecular complexity index is 217. The van der Waals surface area contributed by atoms with Crippen LogP contribution < -0.4 is 0 Å². The zero-order valence-electron chi connectivity index (χ0n) is 10.6. The minimum atomic E-state index is -0.513. The van der Waals surface area contributed by atoms with E-state index >= 15 is 0 Å². The summed E-state index contributed by atoms with van der Waals surface area (Å²) in [7, 11) is 1.37. The van der Waals surface area contributed by atoms with E-state index < -0.39 is 6.10 Å². The van der Waals surface area contributed by atoms with Crippen LogP contribution in [0.1, 0.15) is 46.0 Å². The number of aliphatic hydroxyl groups excluding tert-OH is 1. The lowest BCUT2D eigenvalue weighted by Gasteiger charge is -2.33. The summed E-state index contributed by atoms with van der Waals surface area (Å²) >= 11 is 0. The number of carbonyl (C=O) groups is 1. The number of hydrogen-bond acceptors (Lipinski definition) is 3. The van der Waals surface area contributed by atoms with E-state index in [-0.39, 0.29) is 18.3 Å². The Morgan fingerprint density at radius 3 is 2.19 bits per heavy atom. The van der Waals surface area contributed by atoms with Crippen molar-refractivity contribution in [3.63, 3.8) is 0 Å². The van der Waals surface area contributed by atoms with Crippen molar-refractivity contribution in [2.45, 2.75) is 52.1 Å². The molecule has 1 N–H and O–H groups in total. The molecule has 0 bridgehead atoms. The fourth-order valence-corrected chi connectivity index (χ4v) is 2.62. The standard InChI is InChI=1S/C13H24O3/c1-9(2)10-4-6-11(7-5-10)12(14)8-13(15)16-3/h9-12,14H,4-8H2,1-3H3. The molecular formula is C13H24O3. The topological polar surface area (TPSA) is 46.5 Å². The van der Waals surface area contributed by atoms with Crippen molar-refractivity contribution in [1.29, 1.82) is 0 Å². The first kappa shape index (κ1) is 13.5. The third kappa shape index (κ3) is 3.78. The molecule has 0 amide bonds. The molecule has 1 aliphatic rings. The van der Waals surface area contributed by atoms with Gasteiger partial charge in [-0.05, 0) is 43.4 Å². The molecule has 3 heteroatoms. The molecule has 1 fully saturated rings. The lowest BCUT2D eigenvalue weighted by atomic mass is 9.75. The van der Waals surface area contributed by atoms with Gasteiger partial charge in [0.05, 0.1) is 19.6 Å². The molecule has 0 radical (unpaired) electrons. The van der Waals surface area contributed by atoms with E-state index in [1.54, 1.807) is 0 Å². The van der Waals surface area contributed by atoms with E-state index in [2.05, 4.69) is 18.6 Å².